The number of ether oxygens (including phenoxy) is 1. The van der Waals surface area contributed by atoms with E-state index >= 15 is 0 Å². The zero-order valence-electron chi connectivity index (χ0n) is 22.8. The predicted octanol–water partition coefficient (Wildman–Crippen LogP) is 5.16. The second-order valence-electron chi connectivity index (χ2n) is 9.49. The molecule has 3 aromatic rings. The minimum Gasteiger partial charge on any atom is -0.462 e. The van der Waals surface area contributed by atoms with Gasteiger partial charge in [-0.3, -0.25) is 9.59 Å². The van der Waals surface area contributed by atoms with Crippen molar-refractivity contribution in [1.82, 2.24) is 20.1 Å². The maximum atomic E-state index is 13.2. The van der Waals surface area contributed by atoms with E-state index in [-0.39, 0.29) is 30.9 Å². The molecule has 0 fully saturated rings. The summed E-state index contributed by atoms with van der Waals surface area (Å²) in [4.78, 5) is 39.7. The Kier molecular flexibility index (Phi) is 9.79. The van der Waals surface area contributed by atoms with Gasteiger partial charge in [0.1, 0.15) is 5.00 Å². The SMILES string of the molecule is CCCCn1c(CNC(=O)c2cccc(C)c2)nnc1S[C@H](C)C(=O)Nc1sc2c(c1C(=O)OCC)CCC2. The fourth-order valence-corrected chi connectivity index (χ4v) is 6.64. The van der Waals surface area contributed by atoms with Crippen LogP contribution in [-0.2, 0) is 35.5 Å². The fraction of sp³-hybridized carbons (Fsp3) is 0.464. The van der Waals surface area contributed by atoms with E-state index in [0.717, 1.165) is 48.1 Å². The number of thiophene rings is 1. The lowest BCUT2D eigenvalue weighted by molar-refractivity contribution is -0.115. The first-order chi connectivity index (χ1) is 18.8. The molecule has 1 atom stereocenters. The lowest BCUT2D eigenvalue weighted by atomic mass is 10.1. The Morgan fingerprint density at radius 1 is 1.21 bits per heavy atom. The minimum absolute atomic E-state index is 0.175. The number of amides is 2. The Hall–Kier alpha value is -3.18. The smallest absolute Gasteiger partial charge is 0.341 e. The summed E-state index contributed by atoms with van der Waals surface area (Å²) in [5.41, 5.74) is 3.11. The molecule has 1 aromatic carbocycles. The average Bonchev–Trinajstić information content (AvgIpc) is 3.60. The molecule has 11 heteroatoms. The number of unbranched alkanes of at least 4 members (excludes halogenated alkanes) is 1. The summed E-state index contributed by atoms with van der Waals surface area (Å²) in [6.45, 7) is 8.83. The second kappa shape index (κ2) is 13.3. The Labute approximate surface area is 237 Å². The molecule has 9 nitrogen and oxygen atoms in total. The molecule has 2 aromatic heterocycles. The van der Waals surface area contributed by atoms with Crippen molar-refractivity contribution in [3.05, 3.63) is 57.2 Å². The quantitative estimate of drug-likeness (QED) is 0.229. The van der Waals surface area contributed by atoms with Crippen molar-refractivity contribution < 1.29 is 19.1 Å². The topological polar surface area (TPSA) is 115 Å². The molecule has 0 aliphatic heterocycles. The first kappa shape index (κ1) is 28.8. The molecule has 4 rings (SSSR count). The molecule has 208 valence electrons. The van der Waals surface area contributed by atoms with Gasteiger partial charge in [0.15, 0.2) is 11.0 Å². The van der Waals surface area contributed by atoms with Gasteiger partial charge >= 0.3 is 5.97 Å². The molecule has 0 spiro atoms. The van der Waals surface area contributed by atoms with Crippen LogP contribution in [0.25, 0.3) is 0 Å². The molecular weight excluding hydrogens is 534 g/mol. The number of nitrogens with zero attached hydrogens (tertiary/aromatic N) is 3. The second-order valence-corrected chi connectivity index (χ2v) is 11.9. The summed E-state index contributed by atoms with van der Waals surface area (Å²) < 4.78 is 7.25. The van der Waals surface area contributed by atoms with Gasteiger partial charge in [-0.25, -0.2) is 4.79 Å². The molecule has 0 radical (unpaired) electrons. The predicted molar refractivity (Wildman–Crippen MR) is 154 cm³/mol. The monoisotopic (exact) mass is 569 g/mol. The number of carbonyl (C=O) groups excluding carboxylic acids is 3. The Bertz CT molecular complexity index is 1350. The van der Waals surface area contributed by atoms with Crippen LogP contribution in [0.2, 0.25) is 0 Å². The standard InChI is InChI=1S/C28H35N5O4S2/c1-5-7-14-33-22(16-29-25(35)19-11-8-10-17(3)15-19)31-32-28(33)38-18(4)24(34)30-26-23(27(36)37-6-2)20-12-9-13-21(20)39-26/h8,10-11,15,18H,5-7,9,12-14,16H2,1-4H3,(H,29,35)(H,30,34)/t18-/m1/s1. The summed E-state index contributed by atoms with van der Waals surface area (Å²) in [6, 6.07) is 7.42. The van der Waals surface area contributed by atoms with Crippen LogP contribution in [0.5, 0.6) is 0 Å². The number of aryl methyl sites for hydroxylation is 2. The summed E-state index contributed by atoms with van der Waals surface area (Å²) in [7, 11) is 0. The van der Waals surface area contributed by atoms with Gasteiger partial charge in [-0.05, 0) is 64.2 Å². The average molecular weight is 570 g/mol. The third kappa shape index (κ3) is 6.88. The summed E-state index contributed by atoms with van der Waals surface area (Å²) in [5.74, 6) is -0.140. The number of hydrogen-bond donors (Lipinski definition) is 2. The first-order valence-corrected chi connectivity index (χ1v) is 15.1. The molecule has 0 unspecified atom stereocenters. The molecular formula is C28H35N5O4S2. The number of fused-ring (bicyclic) bond motifs is 1. The highest BCUT2D eigenvalue weighted by atomic mass is 32.2. The van der Waals surface area contributed by atoms with Crippen LogP contribution in [0, 0.1) is 6.92 Å². The third-order valence-electron chi connectivity index (χ3n) is 6.51. The fourth-order valence-electron chi connectivity index (χ4n) is 4.46. The van der Waals surface area contributed by atoms with Crippen molar-refractivity contribution >= 4 is 45.9 Å². The van der Waals surface area contributed by atoms with Crippen LogP contribution < -0.4 is 10.6 Å². The van der Waals surface area contributed by atoms with E-state index in [2.05, 4.69) is 27.8 Å². The number of carbonyl (C=O) groups is 3. The van der Waals surface area contributed by atoms with Crippen LogP contribution in [0.1, 0.15) is 82.6 Å². The zero-order valence-corrected chi connectivity index (χ0v) is 24.5. The van der Waals surface area contributed by atoms with E-state index in [9.17, 15) is 14.4 Å². The Morgan fingerprint density at radius 2 is 2.03 bits per heavy atom. The van der Waals surface area contributed by atoms with Crippen LogP contribution in [0.3, 0.4) is 0 Å². The van der Waals surface area contributed by atoms with Crippen LogP contribution in [0.4, 0.5) is 5.00 Å². The Balaban J connectivity index is 1.45. The molecule has 2 N–H and O–H groups in total. The number of esters is 1. The molecule has 0 saturated carbocycles. The van der Waals surface area contributed by atoms with Gasteiger partial charge in [-0.1, -0.05) is 42.8 Å². The number of nitrogens with one attached hydrogen (secondary N) is 2. The number of rotatable bonds is 12. The highest BCUT2D eigenvalue weighted by molar-refractivity contribution is 8.00. The molecule has 2 amide bonds. The van der Waals surface area contributed by atoms with Crippen molar-refractivity contribution in [1.29, 1.82) is 0 Å². The maximum absolute atomic E-state index is 13.2. The lowest BCUT2D eigenvalue weighted by Crippen LogP contribution is -2.25. The van der Waals surface area contributed by atoms with Gasteiger partial charge in [-0.2, -0.15) is 0 Å². The zero-order chi connectivity index (χ0) is 27.9. The maximum Gasteiger partial charge on any atom is 0.341 e. The molecule has 1 aliphatic rings. The summed E-state index contributed by atoms with van der Waals surface area (Å²) in [6.07, 6.45) is 4.64. The summed E-state index contributed by atoms with van der Waals surface area (Å²) in [5, 5.41) is 15.3. The van der Waals surface area contributed by atoms with Gasteiger partial charge in [0, 0.05) is 17.0 Å². The van der Waals surface area contributed by atoms with Crippen molar-refractivity contribution in [2.24, 2.45) is 0 Å². The van der Waals surface area contributed by atoms with Gasteiger partial charge in [-0.15, -0.1) is 21.5 Å². The van der Waals surface area contributed by atoms with Gasteiger partial charge < -0.3 is 19.9 Å². The van der Waals surface area contributed by atoms with Crippen molar-refractivity contribution in [2.75, 3.05) is 11.9 Å². The third-order valence-corrected chi connectivity index (χ3v) is 8.79. The normalized spacial score (nSPS) is 13.1. The number of aromatic nitrogens is 3. The van der Waals surface area contributed by atoms with Crippen LogP contribution >= 0.6 is 23.1 Å². The largest absolute Gasteiger partial charge is 0.462 e. The highest BCUT2D eigenvalue weighted by Gasteiger charge is 2.29. The molecule has 39 heavy (non-hydrogen) atoms. The molecule has 2 heterocycles. The molecule has 0 bridgehead atoms. The van der Waals surface area contributed by atoms with E-state index in [1.807, 2.05) is 36.6 Å². The van der Waals surface area contributed by atoms with Crippen LogP contribution in [0.15, 0.2) is 29.4 Å². The van der Waals surface area contributed by atoms with Crippen molar-refractivity contribution in [3.63, 3.8) is 0 Å². The number of thioether (sulfide) groups is 1. The minimum atomic E-state index is -0.490. The van der Waals surface area contributed by atoms with Gasteiger partial charge in [0.05, 0.1) is 24.0 Å². The summed E-state index contributed by atoms with van der Waals surface area (Å²) >= 11 is 2.78. The van der Waals surface area contributed by atoms with E-state index < -0.39 is 5.25 Å². The van der Waals surface area contributed by atoms with E-state index in [1.165, 1.54) is 23.1 Å². The lowest BCUT2D eigenvalue weighted by Gasteiger charge is -2.14. The highest BCUT2D eigenvalue weighted by Crippen LogP contribution is 2.40. The first-order valence-electron chi connectivity index (χ1n) is 13.4. The van der Waals surface area contributed by atoms with Crippen molar-refractivity contribution in [2.45, 2.75) is 83.3 Å². The number of hydrogen-bond acceptors (Lipinski definition) is 8. The number of benzene rings is 1. The van der Waals surface area contributed by atoms with Gasteiger partial charge in [0.2, 0.25) is 5.91 Å². The Morgan fingerprint density at radius 3 is 2.77 bits per heavy atom. The molecule has 1 aliphatic carbocycles. The van der Waals surface area contributed by atoms with E-state index in [0.29, 0.717) is 33.7 Å². The van der Waals surface area contributed by atoms with Crippen molar-refractivity contribution in [3.8, 4) is 0 Å². The molecule has 0 saturated heterocycles. The van der Waals surface area contributed by atoms with E-state index in [4.69, 9.17) is 4.74 Å². The number of anilines is 1. The van der Waals surface area contributed by atoms with Gasteiger partial charge in [0.25, 0.3) is 5.91 Å². The van der Waals surface area contributed by atoms with E-state index in [1.54, 1.807) is 13.0 Å². The van der Waals surface area contributed by atoms with Crippen LogP contribution in [-0.4, -0.2) is 44.4 Å².